The molecule has 0 aromatic carbocycles. The van der Waals surface area contributed by atoms with Gasteiger partial charge in [-0.05, 0) is 0 Å². The van der Waals surface area contributed by atoms with E-state index < -0.39 is 8.07 Å². The first-order valence-electron chi connectivity index (χ1n) is 6.48. The molecule has 6 nitrogen and oxygen atoms in total. The molecule has 132 valence electrons. The Kier molecular flexibility index (Phi) is 24.1. The van der Waals surface area contributed by atoms with Crippen molar-refractivity contribution in [3.8, 4) is 0 Å². The van der Waals surface area contributed by atoms with E-state index in [0.29, 0.717) is 11.8 Å². The van der Waals surface area contributed by atoms with Crippen molar-refractivity contribution < 1.29 is 43.8 Å². The van der Waals surface area contributed by atoms with Gasteiger partial charge >= 0.3 is 158 Å². The molecule has 0 N–H and O–H groups in total. The van der Waals surface area contributed by atoms with Crippen molar-refractivity contribution >= 4 is 12.6 Å². The number of ether oxygens (including phenoxy) is 1. The molecule has 0 aromatic rings. The van der Waals surface area contributed by atoms with Gasteiger partial charge in [-0.15, -0.1) is 0 Å². The molecule has 25 heavy (non-hydrogen) atoms. The molecular formula is C17H18CrO6Si. The summed E-state index contributed by atoms with van der Waals surface area (Å²) in [5, 5.41) is 1.70. The zero-order valence-electron chi connectivity index (χ0n) is 14.4. The van der Waals surface area contributed by atoms with Crippen LogP contribution in [0.5, 0.6) is 0 Å². The van der Waals surface area contributed by atoms with E-state index in [1.54, 1.807) is 12.3 Å². The normalized spacial score (nSPS) is 17.8. The first kappa shape index (κ1) is 31.5. The molecule has 0 fully saturated rings. The Balaban J connectivity index is -0.000000191. The summed E-state index contributed by atoms with van der Waals surface area (Å²) in [6, 6.07) is 0. The van der Waals surface area contributed by atoms with Gasteiger partial charge in [-0.3, -0.25) is 0 Å². The Morgan fingerprint density at radius 1 is 0.920 bits per heavy atom. The molecule has 0 radical (unpaired) electrons. The summed E-state index contributed by atoms with van der Waals surface area (Å²) < 4.78 is 43.9. The summed E-state index contributed by atoms with van der Waals surface area (Å²) in [6.07, 6.45) is 6.02. The number of rotatable bonds is 3. The van der Waals surface area contributed by atoms with Crippen LogP contribution >= 0.6 is 0 Å². The van der Waals surface area contributed by atoms with E-state index in [1.807, 2.05) is 0 Å². The number of fused-ring (bicyclic) bond motifs is 2. The first-order chi connectivity index (χ1) is 11.9. The van der Waals surface area contributed by atoms with Crippen LogP contribution in [0.15, 0.2) is 22.9 Å². The Morgan fingerprint density at radius 2 is 1.28 bits per heavy atom. The molecule has 0 aromatic heterocycles. The Morgan fingerprint density at radius 3 is 1.60 bits per heavy atom. The third-order valence-electron chi connectivity index (χ3n) is 3.33. The van der Waals surface area contributed by atoms with Crippen molar-refractivity contribution in [3.63, 3.8) is 0 Å². The predicted molar refractivity (Wildman–Crippen MR) is 82.8 cm³/mol. The van der Waals surface area contributed by atoms with Gasteiger partial charge in [-0.1, -0.05) is 0 Å². The average molecular weight is 398 g/mol. The fourth-order valence-electron chi connectivity index (χ4n) is 2.86. The molecule has 0 spiro atoms. The van der Waals surface area contributed by atoms with Gasteiger partial charge in [0.25, 0.3) is 0 Å². The monoisotopic (exact) mass is 398 g/mol. The van der Waals surface area contributed by atoms with E-state index in [-0.39, 0.29) is 0 Å². The van der Waals surface area contributed by atoms with Crippen LogP contribution in [0.25, 0.3) is 0 Å². The van der Waals surface area contributed by atoms with Crippen LogP contribution in [-0.4, -0.2) is 19.7 Å². The summed E-state index contributed by atoms with van der Waals surface area (Å²) in [5.41, 5.74) is 1.48. The number of allylic oxidation sites excluding steroid dienone is 3. The van der Waals surface area contributed by atoms with Crippen LogP contribution in [-0.2, 0) is 43.8 Å². The number of hydrogen-bond acceptors (Lipinski definition) is 1. The molecule has 2 unspecified atom stereocenters. The van der Waals surface area contributed by atoms with Crippen molar-refractivity contribution in [3.05, 3.63) is 56.2 Å². The molecule has 2 rings (SSSR count). The summed E-state index contributed by atoms with van der Waals surface area (Å²) in [5.74, 6) is 1.32. The van der Waals surface area contributed by atoms with E-state index in [2.05, 4.69) is 80.9 Å². The molecule has 2 atom stereocenters. The summed E-state index contributed by atoms with van der Waals surface area (Å²) in [7, 11) is 0.548. The van der Waals surface area contributed by atoms with Gasteiger partial charge in [0.1, 0.15) is 0 Å². The molecular weight excluding hydrogens is 380 g/mol. The minimum absolute atomic E-state index is 0.618. The van der Waals surface area contributed by atoms with Crippen molar-refractivity contribution in [2.24, 2.45) is 11.8 Å². The predicted octanol–water partition coefficient (Wildman–Crippen LogP) is 2.50. The van der Waals surface area contributed by atoms with Gasteiger partial charge in [-0.25, -0.2) is 0 Å². The Bertz CT molecular complexity index is 526. The van der Waals surface area contributed by atoms with Crippen LogP contribution in [0, 0.1) is 45.1 Å². The van der Waals surface area contributed by atoms with Gasteiger partial charge in [0.05, 0.1) is 0 Å². The van der Waals surface area contributed by atoms with E-state index in [1.165, 1.54) is 12.0 Å². The standard InChI is InChI=1S/C12H18OSi.5CO.Cr/c1-13-8-11-9-5-6-10(7-9)12(11)14(2,3)4;5*1-2;/h5-6,9-10H,7H2,1-4H3;;;;;;. The molecule has 2 aliphatic rings. The molecule has 0 aliphatic heterocycles. The number of hydrogen-bond donors (Lipinski definition) is 0. The molecule has 2 bridgehead atoms. The second-order valence-electron chi connectivity index (χ2n) is 5.40. The van der Waals surface area contributed by atoms with Gasteiger partial charge in [-0.2, -0.15) is 0 Å². The van der Waals surface area contributed by atoms with Crippen molar-refractivity contribution in [2.45, 2.75) is 26.1 Å². The molecule has 0 saturated heterocycles. The second kappa shape index (κ2) is 19.1. The zero-order valence-corrected chi connectivity index (χ0v) is 16.6. The second-order valence-corrected chi connectivity index (χ2v) is 11.0. The minimum atomic E-state index is -1.21. The van der Waals surface area contributed by atoms with Crippen LogP contribution in [0.1, 0.15) is 6.42 Å². The average Bonchev–Trinajstić information content (AvgIpc) is 3.30. The van der Waals surface area contributed by atoms with Crippen LogP contribution in [0.3, 0.4) is 0 Å². The van der Waals surface area contributed by atoms with Gasteiger partial charge in [0.2, 0.25) is 0 Å². The van der Waals surface area contributed by atoms with E-state index in [0.717, 1.165) is 4.57 Å². The maximum absolute atomic E-state index is 7.50. The van der Waals surface area contributed by atoms with E-state index in [9.17, 15) is 0 Å². The third-order valence-corrected chi connectivity index (χ3v) is 6.19. The first-order valence-corrected chi connectivity index (χ1v) is 10.6. The third kappa shape index (κ3) is 9.72. The van der Waals surface area contributed by atoms with Gasteiger partial charge < -0.3 is 0 Å². The molecule has 0 heterocycles. The maximum atomic E-state index is 7.50. The van der Waals surface area contributed by atoms with Crippen LogP contribution in [0.2, 0.25) is 19.6 Å². The van der Waals surface area contributed by atoms with Crippen LogP contribution in [0.4, 0.5) is 0 Å². The summed E-state index contributed by atoms with van der Waals surface area (Å²) in [4.78, 5) is 0. The molecule has 0 saturated carbocycles. The topological polar surface area (TPSA) is 109 Å². The summed E-state index contributed by atoms with van der Waals surface area (Å²) >= 11 is 3.08. The summed E-state index contributed by atoms with van der Waals surface area (Å²) in [6.45, 7) is 29.8. The van der Waals surface area contributed by atoms with Gasteiger partial charge in [0.15, 0.2) is 0 Å². The quantitative estimate of drug-likeness (QED) is 0.310. The fraction of sp³-hybridized carbons (Fsp3) is 0.412. The van der Waals surface area contributed by atoms with E-state index in [4.69, 9.17) is 28.0 Å². The molecule has 8 heteroatoms. The van der Waals surface area contributed by atoms with E-state index >= 15 is 0 Å². The molecule has 2 aliphatic carbocycles. The van der Waals surface area contributed by atoms with Crippen molar-refractivity contribution in [1.29, 1.82) is 0 Å². The zero-order chi connectivity index (χ0) is 21.2. The van der Waals surface area contributed by atoms with Crippen molar-refractivity contribution in [2.75, 3.05) is 7.11 Å². The van der Waals surface area contributed by atoms with Crippen LogP contribution < -0.4 is 0 Å². The van der Waals surface area contributed by atoms with Gasteiger partial charge in [0, 0.05) is 0 Å². The fourth-order valence-corrected chi connectivity index (χ4v) is 5.85. The number of methoxy groups -OCH3 is 1. The van der Waals surface area contributed by atoms with Crippen molar-refractivity contribution in [1.82, 2.24) is 0 Å². The SMILES string of the molecule is CO[C](=[Cr])C1=C([Si](C)(C)C)C2C=CC1C2.[C-]#[O+].[C-]#[O+].[C-]#[O+].[C-]#[O+].[C-]#[O+]. The Hall–Kier alpha value is -1.24. The molecule has 0 amide bonds. The Labute approximate surface area is 157 Å².